The van der Waals surface area contributed by atoms with E-state index in [1.807, 2.05) is 0 Å². The van der Waals surface area contributed by atoms with Gasteiger partial charge in [-0.2, -0.15) is 5.10 Å². The number of methoxy groups -OCH3 is 2. The molecule has 1 N–H and O–H groups in total. The molecule has 178 valence electrons. The molecule has 3 aromatic rings. The summed E-state index contributed by atoms with van der Waals surface area (Å²) in [5.74, 6) is 1.76. The summed E-state index contributed by atoms with van der Waals surface area (Å²) < 4.78 is 22.0. The minimum absolute atomic E-state index is 0.184. The van der Waals surface area contributed by atoms with E-state index in [-0.39, 0.29) is 6.61 Å². The third-order valence-corrected chi connectivity index (χ3v) is 5.44. The SMILES string of the molecule is COc1cccc(OC(C)C(=O)N/N=C/c2ccc(OCc3c(Cl)cccc3Cl)c(OC)c2)c1. The standard InChI is InChI=1S/C25H24Cl2N2O5/c1-16(34-19-7-4-6-18(13-19)31-2)25(30)29-28-14-17-10-11-23(24(12-17)32-3)33-15-20-21(26)8-5-9-22(20)27/h4-14,16H,15H2,1-3H3,(H,29,30)/b28-14+. The quantitative estimate of drug-likeness (QED) is 0.292. The average Bonchev–Trinajstić information content (AvgIpc) is 2.84. The number of benzene rings is 3. The Balaban J connectivity index is 1.58. The lowest BCUT2D eigenvalue weighted by Gasteiger charge is -2.14. The van der Waals surface area contributed by atoms with E-state index in [9.17, 15) is 4.79 Å². The molecule has 0 spiro atoms. The van der Waals surface area contributed by atoms with E-state index in [1.165, 1.54) is 13.3 Å². The van der Waals surface area contributed by atoms with Crippen LogP contribution in [0.3, 0.4) is 0 Å². The van der Waals surface area contributed by atoms with Gasteiger partial charge in [0.25, 0.3) is 5.91 Å². The fourth-order valence-electron chi connectivity index (χ4n) is 2.90. The van der Waals surface area contributed by atoms with Crippen molar-refractivity contribution in [1.82, 2.24) is 5.43 Å². The summed E-state index contributed by atoms with van der Waals surface area (Å²) in [7, 11) is 3.09. The first-order valence-corrected chi connectivity index (χ1v) is 11.0. The van der Waals surface area contributed by atoms with Crippen molar-refractivity contribution in [2.75, 3.05) is 14.2 Å². The van der Waals surface area contributed by atoms with Crippen LogP contribution in [0, 0.1) is 0 Å². The van der Waals surface area contributed by atoms with Gasteiger partial charge < -0.3 is 18.9 Å². The topological polar surface area (TPSA) is 78.4 Å². The van der Waals surface area contributed by atoms with Crippen LogP contribution in [0.4, 0.5) is 0 Å². The zero-order valence-corrected chi connectivity index (χ0v) is 20.4. The maximum Gasteiger partial charge on any atom is 0.280 e. The Hall–Kier alpha value is -3.42. The summed E-state index contributed by atoms with van der Waals surface area (Å²) in [6.07, 6.45) is 0.735. The monoisotopic (exact) mass is 502 g/mol. The molecule has 0 saturated heterocycles. The van der Waals surface area contributed by atoms with Crippen molar-refractivity contribution < 1.29 is 23.7 Å². The molecule has 0 aliphatic heterocycles. The Morgan fingerprint density at radius 1 is 0.971 bits per heavy atom. The van der Waals surface area contributed by atoms with Crippen LogP contribution in [0.25, 0.3) is 0 Å². The predicted octanol–water partition coefficient (Wildman–Crippen LogP) is 5.51. The third-order valence-electron chi connectivity index (χ3n) is 4.73. The van der Waals surface area contributed by atoms with Crippen molar-refractivity contribution in [2.24, 2.45) is 5.10 Å². The second kappa shape index (κ2) is 12.2. The van der Waals surface area contributed by atoms with Crippen molar-refractivity contribution in [2.45, 2.75) is 19.6 Å². The zero-order valence-electron chi connectivity index (χ0n) is 18.9. The Kier molecular flexibility index (Phi) is 9.01. The summed E-state index contributed by atoms with van der Waals surface area (Å²) in [5.41, 5.74) is 3.85. The third kappa shape index (κ3) is 6.79. The van der Waals surface area contributed by atoms with E-state index in [2.05, 4.69) is 10.5 Å². The van der Waals surface area contributed by atoms with Crippen molar-refractivity contribution in [1.29, 1.82) is 0 Å². The van der Waals surface area contributed by atoms with Crippen molar-refractivity contribution >= 4 is 35.3 Å². The van der Waals surface area contributed by atoms with E-state index in [4.69, 9.17) is 42.1 Å². The molecule has 0 aliphatic rings. The molecule has 0 aliphatic carbocycles. The number of carbonyl (C=O) groups excluding carboxylic acids is 1. The molecule has 1 amide bonds. The fourth-order valence-corrected chi connectivity index (χ4v) is 3.40. The van der Waals surface area contributed by atoms with E-state index >= 15 is 0 Å². The number of ether oxygens (including phenoxy) is 4. The van der Waals surface area contributed by atoms with E-state index in [0.717, 1.165) is 0 Å². The largest absolute Gasteiger partial charge is 0.497 e. The van der Waals surface area contributed by atoms with Gasteiger partial charge in [-0.05, 0) is 55.0 Å². The molecule has 0 radical (unpaired) electrons. The molecule has 0 saturated carbocycles. The highest BCUT2D eigenvalue weighted by Crippen LogP contribution is 2.31. The average molecular weight is 503 g/mol. The Bertz CT molecular complexity index is 1150. The van der Waals surface area contributed by atoms with Crippen LogP contribution in [0.1, 0.15) is 18.1 Å². The van der Waals surface area contributed by atoms with Gasteiger partial charge in [0.1, 0.15) is 18.1 Å². The van der Waals surface area contributed by atoms with E-state index < -0.39 is 12.0 Å². The number of nitrogens with zero attached hydrogens (tertiary/aromatic N) is 1. The second-order valence-electron chi connectivity index (χ2n) is 7.07. The van der Waals surface area contributed by atoms with Crippen molar-refractivity contribution in [3.63, 3.8) is 0 Å². The van der Waals surface area contributed by atoms with Gasteiger partial charge in [0.2, 0.25) is 0 Å². The predicted molar refractivity (Wildman–Crippen MR) is 133 cm³/mol. The van der Waals surface area contributed by atoms with Crippen LogP contribution in [-0.2, 0) is 11.4 Å². The highest BCUT2D eigenvalue weighted by Gasteiger charge is 2.14. The lowest BCUT2D eigenvalue weighted by molar-refractivity contribution is -0.127. The Morgan fingerprint density at radius 3 is 2.38 bits per heavy atom. The van der Waals surface area contributed by atoms with Gasteiger partial charge in [0.15, 0.2) is 17.6 Å². The lowest BCUT2D eigenvalue weighted by Crippen LogP contribution is -2.33. The Labute approximate surface area is 208 Å². The van der Waals surface area contributed by atoms with Gasteiger partial charge >= 0.3 is 0 Å². The number of carbonyl (C=O) groups is 1. The first kappa shape index (κ1) is 25.2. The van der Waals surface area contributed by atoms with Crippen LogP contribution < -0.4 is 24.4 Å². The highest BCUT2D eigenvalue weighted by molar-refractivity contribution is 6.35. The summed E-state index contributed by atoms with van der Waals surface area (Å²) in [5, 5.41) is 5.05. The highest BCUT2D eigenvalue weighted by atomic mass is 35.5. The minimum atomic E-state index is -0.758. The molecule has 0 heterocycles. The minimum Gasteiger partial charge on any atom is -0.497 e. The molecule has 0 aromatic heterocycles. The normalized spacial score (nSPS) is 11.7. The van der Waals surface area contributed by atoms with Gasteiger partial charge in [0.05, 0.1) is 20.4 Å². The van der Waals surface area contributed by atoms with Crippen molar-refractivity contribution in [3.05, 3.63) is 81.8 Å². The zero-order chi connectivity index (χ0) is 24.5. The molecule has 7 nitrogen and oxygen atoms in total. The van der Waals surface area contributed by atoms with E-state index in [1.54, 1.807) is 74.7 Å². The lowest BCUT2D eigenvalue weighted by atomic mass is 10.2. The second-order valence-corrected chi connectivity index (χ2v) is 7.89. The summed E-state index contributed by atoms with van der Waals surface area (Å²) in [4.78, 5) is 12.3. The molecule has 34 heavy (non-hydrogen) atoms. The van der Waals surface area contributed by atoms with Crippen molar-refractivity contribution in [3.8, 4) is 23.0 Å². The van der Waals surface area contributed by atoms with Crippen LogP contribution >= 0.6 is 23.2 Å². The molecule has 1 unspecified atom stereocenters. The molecule has 0 bridgehead atoms. The number of hydrogen-bond acceptors (Lipinski definition) is 6. The molecular formula is C25H24Cl2N2O5. The molecule has 1 atom stereocenters. The number of hydrazone groups is 1. The molecule has 3 rings (SSSR count). The number of hydrogen-bond donors (Lipinski definition) is 1. The molecule has 3 aromatic carbocycles. The molecular weight excluding hydrogens is 479 g/mol. The number of rotatable bonds is 10. The van der Waals surface area contributed by atoms with Gasteiger partial charge in [-0.25, -0.2) is 5.43 Å². The maximum atomic E-state index is 12.3. The first-order valence-electron chi connectivity index (χ1n) is 10.3. The summed E-state index contributed by atoms with van der Waals surface area (Å²) in [6, 6.07) is 17.5. The smallest absolute Gasteiger partial charge is 0.280 e. The number of amides is 1. The van der Waals surface area contributed by atoms with Gasteiger partial charge in [-0.1, -0.05) is 35.3 Å². The van der Waals surface area contributed by atoms with Crippen LogP contribution in [-0.4, -0.2) is 32.4 Å². The fraction of sp³-hybridized carbons (Fsp3) is 0.200. The summed E-state index contributed by atoms with van der Waals surface area (Å²) in [6.45, 7) is 1.81. The number of nitrogens with one attached hydrogen (secondary N) is 1. The van der Waals surface area contributed by atoms with E-state index in [0.29, 0.717) is 44.2 Å². The maximum absolute atomic E-state index is 12.3. The molecule has 9 heteroatoms. The summed E-state index contributed by atoms with van der Waals surface area (Å²) >= 11 is 12.4. The molecule has 0 fully saturated rings. The van der Waals surface area contributed by atoms with Crippen LogP contribution in [0.15, 0.2) is 65.8 Å². The van der Waals surface area contributed by atoms with Gasteiger partial charge in [0, 0.05) is 21.7 Å². The van der Waals surface area contributed by atoms with Crippen LogP contribution in [0.5, 0.6) is 23.0 Å². The van der Waals surface area contributed by atoms with Crippen LogP contribution in [0.2, 0.25) is 10.0 Å². The Morgan fingerprint density at radius 2 is 1.68 bits per heavy atom. The number of halogens is 2. The van der Waals surface area contributed by atoms with Gasteiger partial charge in [-0.15, -0.1) is 0 Å². The first-order chi connectivity index (χ1) is 16.4. The van der Waals surface area contributed by atoms with Gasteiger partial charge in [-0.3, -0.25) is 4.79 Å².